The van der Waals surface area contributed by atoms with E-state index in [2.05, 4.69) is 11.2 Å². The second-order valence-corrected chi connectivity index (χ2v) is 5.85. The Morgan fingerprint density at radius 1 is 1.50 bits per heavy atom. The zero-order valence-electron chi connectivity index (χ0n) is 12.4. The summed E-state index contributed by atoms with van der Waals surface area (Å²) in [7, 11) is 0. The highest BCUT2D eigenvalue weighted by atomic mass is 16.6. The third kappa shape index (κ3) is 2.77. The molecule has 2 rings (SSSR count). The first-order chi connectivity index (χ1) is 9.35. The maximum Gasteiger partial charge on any atom is 0.410 e. The number of hydrogen-bond donors (Lipinski definition) is 0. The normalized spacial score (nSPS) is 14.7. The Balaban J connectivity index is 2.21. The van der Waals surface area contributed by atoms with E-state index >= 15 is 0 Å². The van der Waals surface area contributed by atoms with E-state index in [0.29, 0.717) is 31.7 Å². The minimum atomic E-state index is -0.500. The SMILES string of the molecule is CCn1nc(C#N)c2c1CN(C(=O)OC(C)(C)C)CC2. The van der Waals surface area contributed by atoms with Gasteiger partial charge in [-0.25, -0.2) is 4.79 Å². The second-order valence-electron chi connectivity index (χ2n) is 5.85. The molecule has 6 nitrogen and oxygen atoms in total. The number of aromatic nitrogens is 2. The number of hydrogen-bond acceptors (Lipinski definition) is 4. The van der Waals surface area contributed by atoms with Crippen molar-refractivity contribution in [2.75, 3.05) is 6.54 Å². The highest BCUT2D eigenvalue weighted by Gasteiger charge is 2.29. The molecule has 108 valence electrons. The molecule has 0 saturated carbocycles. The average molecular weight is 276 g/mol. The van der Waals surface area contributed by atoms with Crippen LogP contribution in [0.3, 0.4) is 0 Å². The molecule has 20 heavy (non-hydrogen) atoms. The van der Waals surface area contributed by atoms with Gasteiger partial charge in [-0.1, -0.05) is 0 Å². The lowest BCUT2D eigenvalue weighted by molar-refractivity contribution is 0.0218. The Bertz CT molecular complexity index is 563. The number of nitriles is 1. The number of amides is 1. The molecule has 0 spiro atoms. The van der Waals surface area contributed by atoms with Crippen LogP contribution in [0.5, 0.6) is 0 Å². The Labute approximate surface area is 118 Å². The molecule has 2 heterocycles. The molecular weight excluding hydrogens is 256 g/mol. The maximum absolute atomic E-state index is 12.1. The van der Waals surface area contributed by atoms with E-state index in [4.69, 9.17) is 10.00 Å². The molecule has 0 unspecified atom stereocenters. The molecular formula is C14H20N4O2. The van der Waals surface area contributed by atoms with E-state index in [1.54, 1.807) is 9.58 Å². The molecule has 1 aromatic rings. The molecule has 0 bridgehead atoms. The summed E-state index contributed by atoms with van der Waals surface area (Å²) in [6.45, 7) is 9.23. The number of nitrogens with zero attached hydrogens (tertiary/aromatic N) is 4. The van der Waals surface area contributed by atoms with Gasteiger partial charge in [0.1, 0.15) is 11.7 Å². The Morgan fingerprint density at radius 2 is 2.20 bits per heavy atom. The highest BCUT2D eigenvalue weighted by molar-refractivity contribution is 5.68. The Hall–Kier alpha value is -2.03. The zero-order valence-corrected chi connectivity index (χ0v) is 12.4. The lowest BCUT2D eigenvalue weighted by Gasteiger charge is -2.30. The van der Waals surface area contributed by atoms with Gasteiger partial charge in [-0.2, -0.15) is 10.4 Å². The standard InChI is InChI=1S/C14H20N4O2/c1-5-18-12-9-17(13(19)20-14(2,3)4)7-6-10(12)11(8-15)16-18/h5-7,9H2,1-4H3. The monoisotopic (exact) mass is 276 g/mol. The van der Waals surface area contributed by atoms with Crippen LogP contribution < -0.4 is 0 Å². The number of rotatable bonds is 1. The third-order valence-electron chi connectivity index (χ3n) is 3.20. The first-order valence-electron chi connectivity index (χ1n) is 6.82. The van der Waals surface area contributed by atoms with Crippen molar-refractivity contribution in [1.82, 2.24) is 14.7 Å². The van der Waals surface area contributed by atoms with E-state index in [-0.39, 0.29) is 6.09 Å². The Kier molecular flexibility index (Phi) is 3.71. The number of ether oxygens (including phenoxy) is 1. The van der Waals surface area contributed by atoms with Gasteiger partial charge >= 0.3 is 6.09 Å². The zero-order chi connectivity index (χ0) is 14.9. The fourth-order valence-electron chi connectivity index (χ4n) is 2.31. The van der Waals surface area contributed by atoms with Crippen molar-refractivity contribution < 1.29 is 9.53 Å². The van der Waals surface area contributed by atoms with Gasteiger partial charge in [0.25, 0.3) is 0 Å². The van der Waals surface area contributed by atoms with Crippen LogP contribution in [0, 0.1) is 11.3 Å². The number of fused-ring (bicyclic) bond motifs is 1. The molecule has 0 saturated heterocycles. The summed E-state index contributed by atoms with van der Waals surface area (Å²) in [6, 6.07) is 2.13. The number of carbonyl (C=O) groups excluding carboxylic acids is 1. The minimum absolute atomic E-state index is 0.314. The maximum atomic E-state index is 12.1. The van der Waals surface area contributed by atoms with E-state index in [1.165, 1.54) is 0 Å². The van der Waals surface area contributed by atoms with Gasteiger partial charge in [0.2, 0.25) is 0 Å². The van der Waals surface area contributed by atoms with Crippen molar-refractivity contribution in [3.8, 4) is 6.07 Å². The van der Waals surface area contributed by atoms with Crippen LogP contribution in [0.4, 0.5) is 4.79 Å². The predicted molar refractivity (Wildman–Crippen MR) is 73.0 cm³/mol. The summed E-state index contributed by atoms with van der Waals surface area (Å²) < 4.78 is 7.19. The molecule has 0 aliphatic carbocycles. The van der Waals surface area contributed by atoms with Gasteiger partial charge in [0.05, 0.1) is 12.2 Å². The molecule has 0 atom stereocenters. The van der Waals surface area contributed by atoms with E-state index in [1.807, 2.05) is 27.7 Å². The molecule has 0 aromatic carbocycles. The first-order valence-corrected chi connectivity index (χ1v) is 6.82. The van der Waals surface area contributed by atoms with Crippen molar-refractivity contribution in [3.63, 3.8) is 0 Å². The van der Waals surface area contributed by atoms with Crippen molar-refractivity contribution >= 4 is 6.09 Å². The number of carbonyl (C=O) groups is 1. The summed E-state index contributed by atoms with van der Waals surface area (Å²) in [5.41, 5.74) is 1.89. The molecule has 1 aliphatic heterocycles. The fraction of sp³-hybridized carbons (Fsp3) is 0.643. The lowest BCUT2D eigenvalue weighted by atomic mass is 10.1. The van der Waals surface area contributed by atoms with Crippen LogP contribution in [-0.4, -0.2) is 32.9 Å². The molecule has 0 N–H and O–H groups in total. The third-order valence-corrected chi connectivity index (χ3v) is 3.20. The Morgan fingerprint density at radius 3 is 2.75 bits per heavy atom. The molecule has 6 heteroatoms. The summed E-state index contributed by atoms with van der Waals surface area (Å²) in [4.78, 5) is 13.8. The van der Waals surface area contributed by atoms with Crippen LogP contribution in [-0.2, 0) is 24.2 Å². The van der Waals surface area contributed by atoms with Gasteiger partial charge in [-0.15, -0.1) is 0 Å². The molecule has 0 radical (unpaired) electrons. The minimum Gasteiger partial charge on any atom is -0.444 e. The van der Waals surface area contributed by atoms with Gasteiger partial charge in [-0.05, 0) is 34.1 Å². The van der Waals surface area contributed by atoms with Crippen molar-refractivity contribution in [1.29, 1.82) is 5.26 Å². The molecule has 1 amide bonds. The quantitative estimate of drug-likeness (QED) is 0.787. The highest BCUT2D eigenvalue weighted by Crippen LogP contribution is 2.23. The van der Waals surface area contributed by atoms with Crippen LogP contribution in [0.1, 0.15) is 44.6 Å². The number of aryl methyl sites for hydroxylation is 1. The summed E-state index contributed by atoms with van der Waals surface area (Å²) in [6.07, 6.45) is 0.336. The topological polar surface area (TPSA) is 71.2 Å². The fourth-order valence-corrected chi connectivity index (χ4v) is 2.31. The smallest absolute Gasteiger partial charge is 0.410 e. The van der Waals surface area contributed by atoms with Crippen LogP contribution in [0.2, 0.25) is 0 Å². The van der Waals surface area contributed by atoms with Crippen molar-refractivity contribution in [3.05, 3.63) is 17.0 Å². The van der Waals surface area contributed by atoms with E-state index < -0.39 is 5.60 Å². The first kappa shape index (κ1) is 14.4. The van der Waals surface area contributed by atoms with Gasteiger partial charge in [-0.3, -0.25) is 4.68 Å². The molecule has 1 aliphatic rings. The average Bonchev–Trinajstić information content (AvgIpc) is 2.73. The van der Waals surface area contributed by atoms with Crippen molar-refractivity contribution in [2.24, 2.45) is 0 Å². The summed E-state index contributed by atoms with van der Waals surface area (Å²) in [5.74, 6) is 0. The van der Waals surface area contributed by atoms with Gasteiger partial charge in [0, 0.05) is 18.7 Å². The van der Waals surface area contributed by atoms with E-state index in [9.17, 15) is 4.79 Å². The van der Waals surface area contributed by atoms with Crippen LogP contribution in [0.15, 0.2) is 0 Å². The summed E-state index contributed by atoms with van der Waals surface area (Å²) >= 11 is 0. The largest absolute Gasteiger partial charge is 0.444 e. The van der Waals surface area contributed by atoms with Crippen LogP contribution >= 0.6 is 0 Å². The molecule has 1 aromatic heterocycles. The molecule has 0 fully saturated rings. The lowest BCUT2D eigenvalue weighted by Crippen LogP contribution is -2.40. The van der Waals surface area contributed by atoms with E-state index in [0.717, 1.165) is 11.3 Å². The summed E-state index contributed by atoms with van der Waals surface area (Å²) in [5, 5.41) is 13.4. The van der Waals surface area contributed by atoms with Gasteiger partial charge < -0.3 is 9.64 Å². The predicted octanol–water partition coefficient (Wildman–Crippen LogP) is 2.07. The van der Waals surface area contributed by atoms with Crippen LogP contribution in [0.25, 0.3) is 0 Å². The second kappa shape index (κ2) is 5.16. The van der Waals surface area contributed by atoms with Gasteiger partial charge in [0.15, 0.2) is 5.69 Å². The van der Waals surface area contributed by atoms with Crippen molar-refractivity contribution in [2.45, 2.75) is 52.8 Å².